The standard InChI is InChI=1S/C4H11BO3S/c1-4(2,3)5-9(6,7)8/h5H,1-3H3,(H,6,7,8). The Bertz CT molecular complexity index is 176. The maximum absolute atomic E-state index is 10.2. The highest BCUT2D eigenvalue weighted by Crippen LogP contribution is 2.21. The maximum Gasteiger partial charge on any atom is 0.314 e. The zero-order valence-electron chi connectivity index (χ0n) is 5.88. The van der Waals surface area contributed by atoms with Gasteiger partial charge in [-0.3, -0.25) is 4.55 Å². The first-order valence-electron chi connectivity index (χ1n) is 2.66. The summed E-state index contributed by atoms with van der Waals surface area (Å²) >= 11 is 0. The van der Waals surface area contributed by atoms with E-state index in [9.17, 15) is 8.42 Å². The molecule has 0 spiro atoms. The highest BCUT2D eigenvalue weighted by molar-refractivity contribution is 8.11. The molecule has 9 heavy (non-hydrogen) atoms. The van der Waals surface area contributed by atoms with Crippen LogP contribution >= 0.6 is 0 Å². The van der Waals surface area contributed by atoms with E-state index in [1.54, 1.807) is 20.8 Å². The lowest BCUT2D eigenvalue weighted by Gasteiger charge is -2.12. The van der Waals surface area contributed by atoms with Crippen LogP contribution in [0.15, 0.2) is 0 Å². The van der Waals surface area contributed by atoms with Crippen molar-refractivity contribution in [1.82, 2.24) is 0 Å². The van der Waals surface area contributed by atoms with Crippen molar-refractivity contribution in [3.8, 4) is 0 Å². The van der Waals surface area contributed by atoms with Crippen molar-refractivity contribution in [1.29, 1.82) is 0 Å². The molecule has 0 bridgehead atoms. The third kappa shape index (κ3) is 7.97. The first-order valence-corrected chi connectivity index (χ1v) is 4.27. The summed E-state index contributed by atoms with van der Waals surface area (Å²) in [5, 5.41) is -0.354. The van der Waals surface area contributed by atoms with E-state index in [-0.39, 0.29) is 11.9 Å². The zero-order valence-corrected chi connectivity index (χ0v) is 6.70. The molecular weight excluding hydrogens is 139 g/mol. The van der Waals surface area contributed by atoms with Gasteiger partial charge < -0.3 is 0 Å². The molecule has 0 radical (unpaired) electrons. The fraction of sp³-hybridized carbons (Fsp3) is 1.00. The topological polar surface area (TPSA) is 54.4 Å². The van der Waals surface area contributed by atoms with Crippen LogP contribution in [-0.2, 0) is 9.97 Å². The summed E-state index contributed by atoms with van der Waals surface area (Å²) in [6, 6.07) is 0. The van der Waals surface area contributed by atoms with Crippen molar-refractivity contribution in [2.75, 3.05) is 0 Å². The minimum atomic E-state index is -3.78. The van der Waals surface area contributed by atoms with Gasteiger partial charge in [0.05, 0.1) is 0 Å². The van der Waals surface area contributed by atoms with Gasteiger partial charge in [-0.25, -0.2) is 8.42 Å². The second-order valence-electron chi connectivity index (χ2n) is 3.29. The van der Waals surface area contributed by atoms with Crippen LogP contribution in [0.1, 0.15) is 20.8 Å². The minimum Gasteiger partial charge on any atom is -0.295 e. The molecule has 1 N–H and O–H groups in total. The van der Waals surface area contributed by atoms with Crippen molar-refractivity contribution in [3.05, 3.63) is 0 Å². The monoisotopic (exact) mass is 150 g/mol. The molecule has 0 aromatic heterocycles. The van der Waals surface area contributed by atoms with Gasteiger partial charge in [-0.1, -0.05) is 20.8 Å². The highest BCUT2D eigenvalue weighted by Gasteiger charge is 2.22. The molecule has 0 saturated carbocycles. The molecule has 0 saturated heterocycles. The molecule has 0 unspecified atom stereocenters. The molecule has 3 nitrogen and oxygen atoms in total. The van der Waals surface area contributed by atoms with E-state index < -0.39 is 9.97 Å². The lowest BCUT2D eigenvalue weighted by atomic mass is 9.73. The molecule has 0 atom stereocenters. The SMILES string of the molecule is CC(C)(C)BS(=O)(=O)O. The lowest BCUT2D eigenvalue weighted by Crippen LogP contribution is -2.18. The Morgan fingerprint density at radius 2 is 1.67 bits per heavy atom. The second-order valence-corrected chi connectivity index (χ2v) is 4.74. The Labute approximate surface area is 56.3 Å². The maximum atomic E-state index is 10.2. The summed E-state index contributed by atoms with van der Waals surface area (Å²) in [6.45, 7) is 5.07. The average Bonchev–Trinajstić information content (AvgIpc) is 1.14. The Hall–Kier alpha value is -0.0251. The second kappa shape index (κ2) is 2.30. The Kier molecular flexibility index (Phi) is 2.30. The number of hydrogen-bond donors (Lipinski definition) is 1. The Morgan fingerprint density at radius 3 is 1.67 bits per heavy atom. The van der Waals surface area contributed by atoms with Crippen molar-refractivity contribution in [2.45, 2.75) is 26.1 Å². The molecule has 5 heteroatoms. The molecule has 0 aromatic carbocycles. The van der Waals surface area contributed by atoms with E-state index in [2.05, 4.69) is 0 Å². The summed E-state index contributed by atoms with van der Waals surface area (Å²) < 4.78 is 28.7. The van der Waals surface area contributed by atoms with Gasteiger partial charge in [-0.15, -0.1) is 0 Å². The van der Waals surface area contributed by atoms with Crippen LogP contribution in [0.4, 0.5) is 0 Å². The van der Waals surface area contributed by atoms with Gasteiger partial charge in [0.1, 0.15) is 0 Å². The van der Waals surface area contributed by atoms with E-state index in [0.717, 1.165) is 0 Å². The Morgan fingerprint density at radius 1 is 1.33 bits per heavy atom. The molecular formula is C4H11BO3S. The smallest absolute Gasteiger partial charge is 0.295 e. The van der Waals surface area contributed by atoms with Crippen LogP contribution in [0.5, 0.6) is 0 Å². The van der Waals surface area contributed by atoms with E-state index in [0.29, 0.717) is 0 Å². The lowest BCUT2D eigenvalue weighted by molar-refractivity contribution is 0.498. The molecule has 0 heterocycles. The largest absolute Gasteiger partial charge is 0.314 e. The van der Waals surface area contributed by atoms with Gasteiger partial charge in [0.25, 0.3) is 0 Å². The van der Waals surface area contributed by atoms with Crippen molar-refractivity contribution in [3.63, 3.8) is 0 Å². The van der Waals surface area contributed by atoms with E-state index in [4.69, 9.17) is 4.55 Å². The van der Waals surface area contributed by atoms with Gasteiger partial charge in [0.2, 0.25) is 9.97 Å². The molecule has 54 valence electrons. The predicted molar refractivity (Wildman–Crippen MR) is 38.4 cm³/mol. The fourth-order valence-corrected chi connectivity index (χ4v) is 1.64. The van der Waals surface area contributed by atoms with Crippen LogP contribution in [0.2, 0.25) is 5.31 Å². The van der Waals surface area contributed by atoms with E-state index >= 15 is 0 Å². The summed E-state index contributed by atoms with van der Waals surface area (Å²) in [7, 11) is -3.78. The summed E-state index contributed by atoms with van der Waals surface area (Å²) in [5.41, 5.74) is 0. The zero-order chi connectivity index (χ0) is 7.71. The summed E-state index contributed by atoms with van der Waals surface area (Å²) in [4.78, 5) is 0. The first kappa shape index (κ1) is 8.97. The molecule has 0 aliphatic carbocycles. The third-order valence-electron chi connectivity index (χ3n) is 0.615. The normalized spacial score (nSPS) is 13.3. The van der Waals surface area contributed by atoms with Crippen LogP contribution in [0.3, 0.4) is 0 Å². The third-order valence-corrected chi connectivity index (χ3v) is 1.85. The van der Waals surface area contributed by atoms with Crippen LogP contribution < -0.4 is 0 Å². The van der Waals surface area contributed by atoms with Gasteiger partial charge >= 0.3 is 6.56 Å². The quantitative estimate of drug-likeness (QED) is 0.436. The van der Waals surface area contributed by atoms with Crippen molar-refractivity contribution >= 4 is 16.5 Å². The predicted octanol–water partition coefficient (Wildman–Crippen LogP) is 0.444. The molecule has 0 aromatic rings. The average molecular weight is 150 g/mol. The minimum absolute atomic E-state index is 0.181. The first-order chi connectivity index (χ1) is 3.71. The van der Waals surface area contributed by atoms with E-state index in [1.807, 2.05) is 0 Å². The van der Waals surface area contributed by atoms with E-state index in [1.165, 1.54) is 0 Å². The molecule has 0 rings (SSSR count). The van der Waals surface area contributed by atoms with Gasteiger partial charge in [-0.05, 0) is 5.31 Å². The Balaban J connectivity index is 4.07. The van der Waals surface area contributed by atoms with Crippen LogP contribution in [0, 0.1) is 0 Å². The number of hydrogen-bond acceptors (Lipinski definition) is 2. The summed E-state index contributed by atoms with van der Waals surface area (Å²) in [5.74, 6) is 0. The molecule has 0 aliphatic rings. The van der Waals surface area contributed by atoms with Crippen LogP contribution in [0.25, 0.3) is 0 Å². The highest BCUT2D eigenvalue weighted by atomic mass is 32.2. The van der Waals surface area contributed by atoms with Crippen molar-refractivity contribution in [2.24, 2.45) is 0 Å². The molecule has 0 aliphatic heterocycles. The van der Waals surface area contributed by atoms with Gasteiger partial charge in [0, 0.05) is 0 Å². The number of rotatable bonds is 1. The van der Waals surface area contributed by atoms with Crippen LogP contribution in [-0.4, -0.2) is 19.5 Å². The van der Waals surface area contributed by atoms with Crippen molar-refractivity contribution < 1.29 is 13.0 Å². The summed E-state index contributed by atoms with van der Waals surface area (Å²) in [6.07, 6.45) is 0. The molecule has 0 amide bonds. The fourth-order valence-electron chi connectivity index (χ4n) is 0.547. The van der Waals surface area contributed by atoms with Gasteiger partial charge in [-0.2, -0.15) is 0 Å². The van der Waals surface area contributed by atoms with Gasteiger partial charge in [0.15, 0.2) is 0 Å². The molecule has 0 fully saturated rings.